The topological polar surface area (TPSA) is 98.5 Å². The van der Waals surface area contributed by atoms with Gasteiger partial charge in [-0.15, -0.1) is 0 Å². The van der Waals surface area contributed by atoms with Crippen molar-refractivity contribution in [2.75, 3.05) is 6.61 Å². The van der Waals surface area contributed by atoms with E-state index in [0.717, 1.165) is 12.1 Å². The largest absolute Gasteiger partial charge is 0.463 e. The van der Waals surface area contributed by atoms with Gasteiger partial charge in [-0.05, 0) is 31.7 Å². The number of nitrogens with one attached hydrogen (secondary N) is 1. The Balaban J connectivity index is 2.22. The first-order valence-electron chi connectivity index (χ1n) is 9.15. The molecule has 142 valence electrons. The first kappa shape index (κ1) is 18.8. The smallest absolute Gasteiger partial charge is 0.336 e. The molecule has 2 aliphatic rings. The van der Waals surface area contributed by atoms with E-state index >= 15 is 0 Å². The van der Waals surface area contributed by atoms with Crippen molar-refractivity contribution in [1.29, 1.82) is 0 Å². The first-order valence-corrected chi connectivity index (χ1v) is 9.15. The summed E-state index contributed by atoms with van der Waals surface area (Å²) in [7, 11) is 0. The maximum absolute atomic E-state index is 12.8. The van der Waals surface area contributed by atoms with E-state index in [2.05, 4.69) is 5.32 Å². The number of ketones is 1. The third-order valence-corrected chi connectivity index (χ3v) is 4.92. The molecule has 1 aliphatic heterocycles. The number of ether oxygens (including phenoxy) is 1. The summed E-state index contributed by atoms with van der Waals surface area (Å²) < 4.78 is 5.25. The number of nitro benzene ring substituents is 1. The Morgan fingerprint density at radius 1 is 1.33 bits per heavy atom. The number of nitrogens with zero attached hydrogens (tertiary/aromatic N) is 1. The van der Waals surface area contributed by atoms with E-state index in [9.17, 15) is 19.7 Å². The molecule has 27 heavy (non-hydrogen) atoms. The van der Waals surface area contributed by atoms with Crippen LogP contribution in [0.5, 0.6) is 0 Å². The molecule has 1 atom stereocenters. The molecule has 0 bridgehead atoms. The number of hydrogen-bond donors (Lipinski definition) is 1. The highest BCUT2D eigenvalue weighted by Gasteiger charge is 2.39. The number of carbonyl (C=O) groups excluding carboxylic acids is 2. The van der Waals surface area contributed by atoms with E-state index < -0.39 is 16.8 Å². The van der Waals surface area contributed by atoms with Gasteiger partial charge in [0.2, 0.25) is 0 Å². The zero-order valence-corrected chi connectivity index (χ0v) is 15.4. The van der Waals surface area contributed by atoms with Crippen LogP contribution < -0.4 is 5.32 Å². The molecule has 0 saturated heterocycles. The maximum Gasteiger partial charge on any atom is 0.336 e. The molecule has 0 aromatic heterocycles. The fraction of sp³-hybridized carbons (Fsp3) is 0.400. The average molecular weight is 370 g/mol. The van der Waals surface area contributed by atoms with Gasteiger partial charge in [-0.25, -0.2) is 4.79 Å². The SMILES string of the molecule is CCOC(=O)C1=C(CC)NC2=C(C(=O)CCC2)[C@@H]1c1cccc([N+](=O)[O-])c1. The highest BCUT2D eigenvalue weighted by molar-refractivity contribution is 6.03. The molecule has 0 saturated carbocycles. The number of Topliss-reactive ketones (excluding diaryl/α,β-unsaturated/α-hetero) is 1. The molecule has 3 rings (SSSR count). The van der Waals surface area contributed by atoms with Crippen LogP contribution in [-0.2, 0) is 14.3 Å². The van der Waals surface area contributed by atoms with E-state index in [1.807, 2.05) is 6.92 Å². The molecule has 1 N–H and O–H groups in total. The quantitative estimate of drug-likeness (QED) is 0.484. The Morgan fingerprint density at radius 2 is 2.11 bits per heavy atom. The minimum atomic E-state index is -0.650. The molecule has 0 radical (unpaired) electrons. The molecule has 0 fully saturated rings. The van der Waals surface area contributed by atoms with Gasteiger partial charge in [0.25, 0.3) is 5.69 Å². The molecule has 7 heteroatoms. The van der Waals surface area contributed by atoms with E-state index in [1.54, 1.807) is 19.1 Å². The van der Waals surface area contributed by atoms with Crippen molar-refractivity contribution in [2.24, 2.45) is 0 Å². The van der Waals surface area contributed by atoms with Crippen LogP contribution in [0.4, 0.5) is 5.69 Å². The summed E-state index contributed by atoms with van der Waals surface area (Å²) in [6.45, 7) is 3.85. The van der Waals surface area contributed by atoms with Gasteiger partial charge in [0.05, 0.1) is 17.1 Å². The molecular formula is C20H22N2O5. The van der Waals surface area contributed by atoms with Crippen molar-refractivity contribution in [1.82, 2.24) is 5.32 Å². The van der Waals surface area contributed by atoms with Gasteiger partial charge in [0.15, 0.2) is 5.78 Å². The Kier molecular flexibility index (Phi) is 5.39. The molecule has 0 unspecified atom stereocenters. The number of hydrogen-bond acceptors (Lipinski definition) is 6. The van der Waals surface area contributed by atoms with E-state index in [1.165, 1.54) is 12.1 Å². The van der Waals surface area contributed by atoms with Crippen LogP contribution in [0.15, 0.2) is 46.8 Å². The molecule has 0 spiro atoms. The molecule has 1 aromatic carbocycles. The van der Waals surface area contributed by atoms with Crippen molar-refractivity contribution in [3.8, 4) is 0 Å². The van der Waals surface area contributed by atoms with Crippen molar-refractivity contribution in [3.63, 3.8) is 0 Å². The first-order chi connectivity index (χ1) is 13.0. The summed E-state index contributed by atoms with van der Waals surface area (Å²) in [5.74, 6) is -1.18. The van der Waals surface area contributed by atoms with Crippen LogP contribution >= 0.6 is 0 Å². The molecule has 0 amide bonds. The Labute approximate surface area is 157 Å². The third kappa shape index (κ3) is 3.49. The molecular weight excluding hydrogens is 348 g/mol. The lowest BCUT2D eigenvalue weighted by Crippen LogP contribution is -2.35. The lowest BCUT2D eigenvalue weighted by molar-refractivity contribution is -0.384. The average Bonchev–Trinajstić information content (AvgIpc) is 2.67. The molecule has 7 nitrogen and oxygen atoms in total. The monoisotopic (exact) mass is 370 g/mol. The Morgan fingerprint density at radius 3 is 2.78 bits per heavy atom. The van der Waals surface area contributed by atoms with Crippen molar-refractivity contribution >= 4 is 17.4 Å². The number of esters is 1. The fourth-order valence-electron chi connectivity index (χ4n) is 3.78. The number of nitro groups is 1. The zero-order valence-electron chi connectivity index (χ0n) is 15.4. The molecule has 1 heterocycles. The number of carbonyl (C=O) groups is 2. The summed E-state index contributed by atoms with van der Waals surface area (Å²) in [6, 6.07) is 6.14. The van der Waals surface area contributed by atoms with E-state index in [4.69, 9.17) is 4.74 Å². The number of non-ortho nitro benzene ring substituents is 1. The van der Waals surface area contributed by atoms with Crippen molar-refractivity contribution in [2.45, 2.75) is 45.4 Å². The van der Waals surface area contributed by atoms with Crippen LogP contribution in [0.2, 0.25) is 0 Å². The van der Waals surface area contributed by atoms with Crippen LogP contribution in [0, 0.1) is 10.1 Å². The van der Waals surface area contributed by atoms with Crippen LogP contribution in [0.3, 0.4) is 0 Å². The highest BCUT2D eigenvalue weighted by atomic mass is 16.6. The predicted octanol–water partition coefficient (Wildman–Crippen LogP) is 3.52. The maximum atomic E-state index is 12.8. The highest BCUT2D eigenvalue weighted by Crippen LogP contribution is 2.43. The number of benzene rings is 1. The normalized spacial score (nSPS) is 19.5. The summed E-state index contributed by atoms with van der Waals surface area (Å²) in [6.07, 6.45) is 2.43. The summed E-state index contributed by atoms with van der Waals surface area (Å²) in [4.78, 5) is 36.3. The van der Waals surface area contributed by atoms with Gasteiger partial charge in [-0.2, -0.15) is 0 Å². The van der Waals surface area contributed by atoms with Gasteiger partial charge in [-0.1, -0.05) is 19.1 Å². The fourth-order valence-corrected chi connectivity index (χ4v) is 3.78. The lowest BCUT2D eigenvalue weighted by atomic mass is 9.75. The van der Waals surface area contributed by atoms with Gasteiger partial charge in [0.1, 0.15) is 0 Å². The van der Waals surface area contributed by atoms with Gasteiger partial charge in [0, 0.05) is 41.4 Å². The summed E-state index contributed by atoms with van der Waals surface area (Å²) in [5.41, 5.74) is 2.90. The van der Waals surface area contributed by atoms with Gasteiger partial charge >= 0.3 is 5.97 Å². The lowest BCUT2D eigenvalue weighted by Gasteiger charge is -2.34. The van der Waals surface area contributed by atoms with Crippen molar-refractivity contribution in [3.05, 3.63) is 62.5 Å². The van der Waals surface area contributed by atoms with Crippen LogP contribution in [-0.4, -0.2) is 23.3 Å². The molecule has 1 aliphatic carbocycles. The number of allylic oxidation sites excluding steroid dienone is 3. The summed E-state index contributed by atoms with van der Waals surface area (Å²) in [5, 5.41) is 14.5. The van der Waals surface area contributed by atoms with Gasteiger partial charge in [-0.3, -0.25) is 14.9 Å². The van der Waals surface area contributed by atoms with Crippen molar-refractivity contribution < 1.29 is 19.2 Å². The minimum absolute atomic E-state index is 0.0304. The van der Waals surface area contributed by atoms with Gasteiger partial charge < -0.3 is 10.1 Å². The number of dihydropyridines is 1. The predicted molar refractivity (Wildman–Crippen MR) is 98.8 cm³/mol. The zero-order chi connectivity index (χ0) is 19.6. The minimum Gasteiger partial charge on any atom is -0.463 e. The molecule has 1 aromatic rings. The second kappa shape index (κ2) is 7.73. The Bertz CT molecular complexity index is 869. The van der Waals surface area contributed by atoms with Crippen LogP contribution in [0.1, 0.15) is 51.0 Å². The van der Waals surface area contributed by atoms with Crippen LogP contribution in [0.25, 0.3) is 0 Å². The second-order valence-electron chi connectivity index (χ2n) is 6.55. The Hall–Kier alpha value is -2.96. The standard InChI is InChI=1S/C20H22N2O5/c1-3-14-19(20(24)27-4-2)17(12-7-5-8-13(11-12)22(25)26)18-15(21-14)9-6-10-16(18)23/h5,7-8,11,17,21H,3-4,6,9-10H2,1-2H3/t17-/m0/s1. The van der Waals surface area contributed by atoms with E-state index in [-0.39, 0.29) is 18.1 Å². The number of rotatable bonds is 5. The van der Waals surface area contributed by atoms with E-state index in [0.29, 0.717) is 41.7 Å². The third-order valence-electron chi connectivity index (χ3n) is 4.92. The summed E-state index contributed by atoms with van der Waals surface area (Å²) >= 11 is 0. The second-order valence-corrected chi connectivity index (χ2v) is 6.55.